The van der Waals surface area contributed by atoms with E-state index < -0.39 is 20.2 Å². The first-order valence-electron chi connectivity index (χ1n) is 15.2. The van der Waals surface area contributed by atoms with Gasteiger partial charge in [-0.3, -0.25) is 9.59 Å². The fraction of sp³-hybridized carbons (Fsp3) is 0.529. The van der Waals surface area contributed by atoms with Crippen LogP contribution in [0.5, 0.6) is 5.75 Å². The van der Waals surface area contributed by atoms with Gasteiger partial charge < -0.3 is 27.9 Å². The van der Waals surface area contributed by atoms with Gasteiger partial charge in [-0.15, -0.1) is 0 Å². The van der Waals surface area contributed by atoms with Crippen molar-refractivity contribution in [1.82, 2.24) is 4.57 Å². The lowest BCUT2D eigenvalue weighted by Gasteiger charge is -2.38. The lowest BCUT2D eigenvalue weighted by molar-refractivity contribution is -0.160. The number of esters is 1. The van der Waals surface area contributed by atoms with Crippen LogP contribution in [0.2, 0.25) is 13.1 Å². The molecule has 0 saturated carbocycles. The van der Waals surface area contributed by atoms with Gasteiger partial charge in [-0.1, -0.05) is 56.6 Å². The summed E-state index contributed by atoms with van der Waals surface area (Å²) in [6, 6.07) is 11.4. The second-order valence-corrected chi connectivity index (χ2v) is 17.4. The van der Waals surface area contributed by atoms with Crippen molar-refractivity contribution in [3.63, 3.8) is 0 Å². The van der Waals surface area contributed by atoms with Gasteiger partial charge in [0.2, 0.25) is 0 Å². The Morgan fingerprint density at radius 1 is 1.09 bits per heavy atom. The molecule has 44 heavy (non-hydrogen) atoms. The molecule has 5 rings (SSSR count). The van der Waals surface area contributed by atoms with Crippen LogP contribution < -0.4 is 4.74 Å². The molecule has 0 spiro atoms. The molecule has 2 aromatic carbocycles. The summed E-state index contributed by atoms with van der Waals surface area (Å²) in [4.78, 5) is 26.6. The lowest BCUT2D eigenvalue weighted by Crippen LogP contribution is -2.48. The molecule has 0 bridgehead atoms. The smallest absolute Gasteiger partial charge is 0.325 e. The van der Waals surface area contributed by atoms with E-state index in [4.69, 9.17) is 23.4 Å². The maximum absolute atomic E-state index is 14.1. The Labute approximate surface area is 270 Å². The molecule has 0 N–H and O–H groups in total. The van der Waals surface area contributed by atoms with Crippen LogP contribution in [-0.4, -0.2) is 63.2 Å². The molecule has 3 atom stereocenters. The Hall–Kier alpha value is -2.50. The SMILES string of the molecule is COC(=O)Cn1c2c(c3ccc(Br)cc31)C(=O)c1ccc(OC[C@H]3OC(C)(C)O[C@H]3C(O[SiH](C)C)C(C)(C)C)cc1C2(C)C. The highest BCUT2D eigenvalue weighted by Crippen LogP contribution is 2.47. The lowest BCUT2D eigenvalue weighted by atomic mass is 9.71. The molecule has 10 heteroatoms. The molecule has 3 aromatic rings. The first kappa shape index (κ1) is 32.9. The number of hydrogen-bond acceptors (Lipinski definition) is 7. The number of aromatic nitrogens is 1. The van der Waals surface area contributed by atoms with Gasteiger partial charge in [0, 0.05) is 26.5 Å². The standard InChI is InChI=1S/C34H44BrNO7Si/c1-32(2,3)31(43-44(9)10)29-25(41-34(6,7)42-29)18-40-20-12-14-21-23(16-20)33(4,5)30-27(28(21)38)22-13-11-19(35)15-24(22)36(30)17-26(37)39-8/h11-16,25,29,31,44H,17-18H2,1-10H3/t25-,29-,31?/m1/s1. The average molecular weight is 687 g/mol. The van der Waals surface area contributed by atoms with E-state index in [1.165, 1.54) is 7.11 Å². The number of carbonyl (C=O) groups is 2. The highest BCUT2D eigenvalue weighted by Gasteiger charge is 2.49. The average Bonchev–Trinajstić information content (AvgIpc) is 3.41. The third-order valence-electron chi connectivity index (χ3n) is 8.48. The highest BCUT2D eigenvalue weighted by atomic mass is 79.9. The second-order valence-electron chi connectivity index (χ2n) is 14.1. The summed E-state index contributed by atoms with van der Waals surface area (Å²) in [6.45, 7) is 19.1. The number of nitrogens with zero attached hydrogens (tertiary/aromatic N) is 1. The van der Waals surface area contributed by atoms with E-state index in [1.54, 1.807) is 0 Å². The van der Waals surface area contributed by atoms with Crippen molar-refractivity contribution in [2.24, 2.45) is 5.41 Å². The van der Waals surface area contributed by atoms with Gasteiger partial charge in [-0.25, -0.2) is 0 Å². The summed E-state index contributed by atoms with van der Waals surface area (Å²) in [5.74, 6) is -0.601. The second kappa shape index (κ2) is 11.7. The maximum Gasteiger partial charge on any atom is 0.325 e. The van der Waals surface area contributed by atoms with Crippen LogP contribution in [0.15, 0.2) is 40.9 Å². The first-order chi connectivity index (χ1) is 20.4. The van der Waals surface area contributed by atoms with Gasteiger partial charge in [0.05, 0.1) is 24.3 Å². The largest absolute Gasteiger partial charge is 0.491 e. The van der Waals surface area contributed by atoms with E-state index in [0.717, 1.165) is 26.6 Å². The minimum Gasteiger partial charge on any atom is -0.491 e. The number of ketones is 1. The normalized spacial score (nSPS) is 21.3. The zero-order chi connectivity index (χ0) is 32.4. The molecule has 1 aliphatic heterocycles. The van der Waals surface area contributed by atoms with Crippen LogP contribution >= 0.6 is 15.9 Å². The summed E-state index contributed by atoms with van der Waals surface area (Å²) >= 11 is 3.56. The van der Waals surface area contributed by atoms with Crippen molar-refractivity contribution in [2.75, 3.05) is 13.7 Å². The molecular weight excluding hydrogens is 642 g/mol. The Morgan fingerprint density at radius 3 is 2.43 bits per heavy atom. The Morgan fingerprint density at radius 2 is 1.80 bits per heavy atom. The van der Waals surface area contributed by atoms with Crippen molar-refractivity contribution in [3.8, 4) is 5.75 Å². The molecule has 1 fully saturated rings. The van der Waals surface area contributed by atoms with Gasteiger partial charge in [0.25, 0.3) is 0 Å². The van der Waals surface area contributed by atoms with Crippen molar-refractivity contribution in [2.45, 2.75) is 97.6 Å². The van der Waals surface area contributed by atoms with Crippen LogP contribution in [0.1, 0.15) is 75.6 Å². The van der Waals surface area contributed by atoms with Gasteiger partial charge in [0.1, 0.15) is 31.1 Å². The van der Waals surface area contributed by atoms with Crippen molar-refractivity contribution in [3.05, 3.63) is 63.3 Å². The van der Waals surface area contributed by atoms with E-state index in [-0.39, 0.29) is 48.6 Å². The summed E-state index contributed by atoms with van der Waals surface area (Å²) in [7, 11) is 0.00326. The number of carbonyl (C=O) groups excluding carboxylic acids is 2. The molecule has 0 radical (unpaired) electrons. The Bertz CT molecular complexity index is 1600. The fourth-order valence-electron chi connectivity index (χ4n) is 6.65. The summed E-state index contributed by atoms with van der Waals surface area (Å²) in [5.41, 5.74) is 2.87. The fourth-order valence-corrected chi connectivity index (χ4v) is 8.14. The van der Waals surface area contributed by atoms with Crippen molar-refractivity contribution in [1.29, 1.82) is 0 Å². The quantitative estimate of drug-likeness (QED) is 0.191. The van der Waals surface area contributed by atoms with Crippen molar-refractivity contribution >= 4 is 47.6 Å². The first-order valence-corrected chi connectivity index (χ1v) is 18.7. The zero-order valence-electron chi connectivity index (χ0n) is 27.4. The van der Waals surface area contributed by atoms with E-state index in [9.17, 15) is 9.59 Å². The van der Waals surface area contributed by atoms with Gasteiger partial charge >= 0.3 is 5.97 Å². The third-order valence-corrected chi connectivity index (χ3v) is 9.81. The molecule has 2 heterocycles. The van der Waals surface area contributed by atoms with Crippen LogP contribution in [0, 0.1) is 5.41 Å². The highest BCUT2D eigenvalue weighted by molar-refractivity contribution is 9.10. The molecule has 1 aliphatic carbocycles. The predicted octanol–water partition coefficient (Wildman–Crippen LogP) is 6.76. The topological polar surface area (TPSA) is 85.2 Å². The van der Waals surface area contributed by atoms with Crippen LogP contribution in [0.25, 0.3) is 10.9 Å². The summed E-state index contributed by atoms with van der Waals surface area (Å²) in [6.07, 6.45) is -0.799. The van der Waals surface area contributed by atoms with Gasteiger partial charge in [-0.2, -0.15) is 0 Å². The molecule has 238 valence electrons. The van der Waals surface area contributed by atoms with Crippen LogP contribution in [0.3, 0.4) is 0 Å². The maximum atomic E-state index is 14.1. The number of methoxy groups -OCH3 is 1. The Kier molecular flexibility index (Phi) is 8.74. The number of benzene rings is 2. The van der Waals surface area contributed by atoms with Crippen molar-refractivity contribution < 1.29 is 33.0 Å². The molecule has 2 aliphatic rings. The minimum atomic E-state index is -1.37. The minimum absolute atomic E-state index is 0.00649. The van der Waals surface area contributed by atoms with E-state index in [2.05, 4.69) is 63.6 Å². The molecule has 1 unspecified atom stereocenters. The van der Waals surface area contributed by atoms with Crippen LogP contribution in [-0.2, 0) is 35.4 Å². The van der Waals surface area contributed by atoms with E-state index >= 15 is 0 Å². The van der Waals surface area contributed by atoms with E-state index in [0.29, 0.717) is 16.9 Å². The molecule has 1 aromatic heterocycles. The predicted molar refractivity (Wildman–Crippen MR) is 176 cm³/mol. The van der Waals surface area contributed by atoms with Gasteiger partial charge in [-0.05, 0) is 68.3 Å². The van der Waals surface area contributed by atoms with Crippen LogP contribution in [0.4, 0.5) is 0 Å². The third kappa shape index (κ3) is 6.03. The van der Waals surface area contributed by atoms with Gasteiger partial charge in [0.15, 0.2) is 20.6 Å². The summed E-state index contributed by atoms with van der Waals surface area (Å²) in [5, 5.41) is 0.809. The number of rotatable bonds is 8. The monoisotopic (exact) mass is 685 g/mol. The molecular formula is C34H44BrNO7Si. The van der Waals surface area contributed by atoms with E-state index in [1.807, 2.05) is 54.8 Å². The number of halogens is 1. The number of hydrogen-bond donors (Lipinski definition) is 0. The molecule has 1 saturated heterocycles. The zero-order valence-corrected chi connectivity index (χ0v) is 30.1. The molecule has 8 nitrogen and oxygen atoms in total. The summed E-state index contributed by atoms with van der Waals surface area (Å²) < 4.78 is 33.5. The number of fused-ring (bicyclic) bond motifs is 4. The number of ether oxygens (including phenoxy) is 4. The molecule has 0 amide bonds. The Balaban J connectivity index is 1.50.